The van der Waals surface area contributed by atoms with E-state index in [-0.39, 0.29) is 17.0 Å². The summed E-state index contributed by atoms with van der Waals surface area (Å²) in [6.07, 6.45) is 0. The lowest BCUT2D eigenvalue weighted by Crippen LogP contribution is -2.24. The van der Waals surface area contributed by atoms with E-state index in [0.29, 0.717) is 5.75 Å². The van der Waals surface area contributed by atoms with Crippen LogP contribution < -0.4 is 9.46 Å². The Morgan fingerprint density at radius 3 is 2.09 bits per heavy atom. The van der Waals surface area contributed by atoms with Crippen molar-refractivity contribution in [3.63, 3.8) is 0 Å². The maximum Gasteiger partial charge on any atom is 0.240 e. The van der Waals surface area contributed by atoms with E-state index in [0.717, 1.165) is 5.56 Å². The molecule has 1 N–H and O–H groups in total. The van der Waals surface area contributed by atoms with Gasteiger partial charge in [0.2, 0.25) is 10.0 Å². The van der Waals surface area contributed by atoms with Gasteiger partial charge in [-0.05, 0) is 50.6 Å². The molecular weight excluding hydrogens is 298 g/mol. The van der Waals surface area contributed by atoms with Crippen LogP contribution in [0.25, 0.3) is 0 Å². The Balaban J connectivity index is 2.06. The molecule has 4 nitrogen and oxygen atoms in total. The molecular formula is C17H21NO3S. The first kappa shape index (κ1) is 16.5. The van der Waals surface area contributed by atoms with Crippen molar-refractivity contribution in [2.75, 3.05) is 0 Å². The molecule has 0 spiro atoms. The second-order valence-electron chi connectivity index (χ2n) is 6.00. The lowest BCUT2D eigenvalue weighted by Gasteiger charge is -2.21. The number of nitrogens with one attached hydrogen (secondary N) is 1. The summed E-state index contributed by atoms with van der Waals surface area (Å²) in [4.78, 5) is 0.227. The molecule has 0 aliphatic carbocycles. The molecule has 0 saturated carbocycles. The zero-order valence-corrected chi connectivity index (χ0v) is 13.9. The zero-order chi connectivity index (χ0) is 16.2. The fourth-order valence-electron chi connectivity index (χ4n) is 1.90. The molecule has 0 amide bonds. The second kappa shape index (κ2) is 6.50. The molecule has 0 unspecified atom stereocenters. The van der Waals surface area contributed by atoms with E-state index in [1.165, 1.54) is 0 Å². The summed E-state index contributed by atoms with van der Waals surface area (Å²) in [5, 5.41) is 0. The van der Waals surface area contributed by atoms with Crippen LogP contribution in [0.1, 0.15) is 26.3 Å². The van der Waals surface area contributed by atoms with Gasteiger partial charge in [-0.25, -0.2) is 13.1 Å². The van der Waals surface area contributed by atoms with Gasteiger partial charge in [0.15, 0.2) is 0 Å². The van der Waals surface area contributed by atoms with Gasteiger partial charge in [-0.3, -0.25) is 0 Å². The highest BCUT2D eigenvalue weighted by atomic mass is 32.2. The maximum absolute atomic E-state index is 12.3. The lowest BCUT2D eigenvalue weighted by molar-refractivity contribution is 0.131. The number of benzene rings is 2. The number of rotatable bonds is 5. The number of hydrogen-bond donors (Lipinski definition) is 1. The highest BCUT2D eigenvalue weighted by molar-refractivity contribution is 7.89. The highest BCUT2D eigenvalue weighted by Crippen LogP contribution is 2.20. The fourth-order valence-corrected chi connectivity index (χ4v) is 2.92. The van der Waals surface area contributed by atoms with Gasteiger partial charge in [0.1, 0.15) is 11.4 Å². The standard InChI is InChI=1S/C17H21NO3S/c1-17(2,3)21-15-9-11-16(12-10-15)22(19,20)18-13-14-7-5-4-6-8-14/h4-12,18H,13H2,1-3H3. The largest absolute Gasteiger partial charge is 0.488 e. The molecule has 5 heteroatoms. The van der Waals surface area contributed by atoms with Crippen molar-refractivity contribution in [3.05, 3.63) is 60.2 Å². The summed E-state index contributed by atoms with van der Waals surface area (Å²) in [6, 6.07) is 15.8. The Hall–Kier alpha value is -1.85. The molecule has 2 aromatic carbocycles. The average molecular weight is 319 g/mol. The number of sulfonamides is 1. The number of ether oxygens (including phenoxy) is 1. The van der Waals surface area contributed by atoms with Crippen molar-refractivity contribution in [2.45, 2.75) is 37.8 Å². The van der Waals surface area contributed by atoms with Gasteiger partial charge in [-0.2, -0.15) is 0 Å². The molecule has 22 heavy (non-hydrogen) atoms. The topological polar surface area (TPSA) is 55.4 Å². The van der Waals surface area contributed by atoms with E-state index in [1.54, 1.807) is 24.3 Å². The molecule has 0 aliphatic heterocycles. The van der Waals surface area contributed by atoms with E-state index in [4.69, 9.17) is 4.74 Å². The van der Waals surface area contributed by atoms with E-state index in [2.05, 4.69) is 4.72 Å². The van der Waals surface area contributed by atoms with Crippen LogP contribution in [0.3, 0.4) is 0 Å². The van der Waals surface area contributed by atoms with Crippen LogP contribution in [0.15, 0.2) is 59.5 Å². The van der Waals surface area contributed by atoms with E-state index in [1.807, 2.05) is 51.1 Å². The van der Waals surface area contributed by atoms with Crippen LogP contribution in [0.5, 0.6) is 5.75 Å². The Bertz CT molecular complexity index is 702. The summed E-state index contributed by atoms with van der Waals surface area (Å²) in [5.74, 6) is 0.648. The van der Waals surface area contributed by atoms with Crippen molar-refractivity contribution >= 4 is 10.0 Å². The fraction of sp³-hybridized carbons (Fsp3) is 0.294. The third-order valence-corrected chi connectivity index (χ3v) is 4.28. The molecule has 0 heterocycles. The highest BCUT2D eigenvalue weighted by Gasteiger charge is 2.15. The van der Waals surface area contributed by atoms with E-state index < -0.39 is 10.0 Å². The lowest BCUT2D eigenvalue weighted by atomic mass is 10.2. The minimum absolute atomic E-state index is 0.227. The SMILES string of the molecule is CC(C)(C)Oc1ccc(S(=O)(=O)NCc2ccccc2)cc1. The maximum atomic E-state index is 12.3. The molecule has 0 atom stereocenters. The van der Waals surface area contributed by atoms with Crippen LogP contribution in [0.4, 0.5) is 0 Å². The van der Waals surface area contributed by atoms with Gasteiger partial charge >= 0.3 is 0 Å². The van der Waals surface area contributed by atoms with Crippen LogP contribution in [0, 0.1) is 0 Å². The Labute approximate surface area is 132 Å². The zero-order valence-electron chi connectivity index (χ0n) is 13.0. The molecule has 118 valence electrons. The Morgan fingerprint density at radius 2 is 1.55 bits per heavy atom. The van der Waals surface area contributed by atoms with E-state index in [9.17, 15) is 8.42 Å². The normalized spacial score (nSPS) is 12.1. The van der Waals surface area contributed by atoms with Crippen molar-refractivity contribution < 1.29 is 13.2 Å². The second-order valence-corrected chi connectivity index (χ2v) is 7.76. The van der Waals surface area contributed by atoms with Crippen molar-refractivity contribution in [3.8, 4) is 5.75 Å². The predicted molar refractivity (Wildman–Crippen MR) is 87.3 cm³/mol. The molecule has 0 saturated heterocycles. The summed E-state index contributed by atoms with van der Waals surface area (Å²) >= 11 is 0. The monoisotopic (exact) mass is 319 g/mol. The summed E-state index contributed by atoms with van der Waals surface area (Å²) in [7, 11) is -3.52. The first-order valence-corrected chi connectivity index (χ1v) is 8.57. The van der Waals surface area contributed by atoms with Crippen molar-refractivity contribution in [1.82, 2.24) is 4.72 Å². The Kier molecular flexibility index (Phi) is 4.88. The summed E-state index contributed by atoms with van der Waals surface area (Å²) in [6.45, 7) is 6.10. The van der Waals surface area contributed by atoms with Gasteiger partial charge in [0.05, 0.1) is 4.90 Å². The minimum Gasteiger partial charge on any atom is -0.488 e. The van der Waals surface area contributed by atoms with Crippen LogP contribution in [0.2, 0.25) is 0 Å². The molecule has 0 bridgehead atoms. The van der Waals surface area contributed by atoms with Crippen LogP contribution in [-0.2, 0) is 16.6 Å². The van der Waals surface area contributed by atoms with Crippen LogP contribution in [-0.4, -0.2) is 14.0 Å². The van der Waals surface area contributed by atoms with Gasteiger partial charge in [-0.1, -0.05) is 30.3 Å². The Morgan fingerprint density at radius 1 is 0.955 bits per heavy atom. The van der Waals surface area contributed by atoms with Gasteiger partial charge in [0, 0.05) is 6.54 Å². The molecule has 2 aromatic rings. The quantitative estimate of drug-likeness (QED) is 0.919. The van der Waals surface area contributed by atoms with Crippen molar-refractivity contribution in [2.24, 2.45) is 0 Å². The third-order valence-electron chi connectivity index (χ3n) is 2.87. The summed E-state index contributed by atoms with van der Waals surface area (Å²) < 4.78 is 32.8. The molecule has 0 aromatic heterocycles. The third kappa shape index (κ3) is 4.86. The van der Waals surface area contributed by atoms with Gasteiger partial charge in [-0.15, -0.1) is 0 Å². The van der Waals surface area contributed by atoms with Gasteiger partial charge in [0.25, 0.3) is 0 Å². The minimum atomic E-state index is -3.52. The summed E-state index contributed by atoms with van der Waals surface area (Å²) in [5.41, 5.74) is 0.602. The van der Waals surface area contributed by atoms with Gasteiger partial charge < -0.3 is 4.74 Å². The first-order valence-electron chi connectivity index (χ1n) is 7.09. The average Bonchev–Trinajstić information content (AvgIpc) is 2.45. The molecule has 0 fully saturated rings. The van der Waals surface area contributed by atoms with E-state index >= 15 is 0 Å². The number of hydrogen-bond acceptors (Lipinski definition) is 3. The molecule has 0 radical (unpaired) electrons. The van der Waals surface area contributed by atoms with Crippen molar-refractivity contribution in [1.29, 1.82) is 0 Å². The molecule has 2 rings (SSSR count). The first-order chi connectivity index (χ1) is 10.3. The predicted octanol–water partition coefficient (Wildman–Crippen LogP) is 3.34. The molecule has 0 aliphatic rings. The van der Waals surface area contributed by atoms with Crippen LogP contribution >= 0.6 is 0 Å². The smallest absolute Gasteiger partial charge is 0.240 e.